The molecule has 1 aliphatic heterocycles. The van der Waals surface area contributed by atoms with Gasteiger partial charge in [0.2, 0.25) is 5.91 Å². The SMILES string of the molecule is CCC1CCCN(C(=O)C2CCCC(N)C2)C1. The lowest BCUT2D eigenvalue weighted by atomic mass is 9.84. The average Bonchev–Trinajstić information content (AvgIpc) is 2.38. The minimum absolute atomic E-state index is 0.217. The van der Waals surface area contributed by atoms with E-state index in [1.807, 2.05) is 0 Å². The molecule has 1 heterocycles. The summed E-state index contributed by atoms with van der Waals surface area (Å²) < 4.78 is 0. The van der Waals surface area contributed by atoms with Crippen LogP contribution in [0.2, 0.25) is 0 Å². The standard InChI is InChI=1S/C14H26N2O/c1-2-11-5-4-8-16(10-11)14(17)12-6-3-7-13(15)9-12/h11-13H,2-10,15H2,1H3. The second-order valence-electron chi connectivity index (χ2n) is 5.82. The van der Waals surface area contributed by atoms with Crippen LogP contribution in [0.4, 0.5) is 0 Å². The third-order valence-corrected chi connectivity index (χ3v) is 4.47. The van der Waals surface area contributed by atoms with Crippen molar-refractivity contribution < 1.29 is 4.79 Å². The van der Waals surface area contributed by atoms with Crippen molar-refractivity contribution in [2.75, 3.05) is 13.1 Å². The number of piperidine rings is 1. The molecule has 3 atom stereocenters. The number of amides is 1. The van der Waals surface area contributed by atoms with Gasteiger partial charge in [0.05, 0.1) is 0 Å². The smallest absolute Gasteiger partial charge is 0.225 e. The molecule has 0 spiro atoms. The highest BCUT2D eigenvalue weighted by molar-refractivity contribution is 5.79. The molecular formula is C14H26N2O. The van der Waals surface area contributed by atoms with Crippen molar-refractivity contribution in [3.8, 4) is 0 Å². The van der Waals surface area contributed by atoms with E-state index in [9.17, 15) is 4.79 Å². The molecule has 1 amide bonds. The van der Waals surface area contributed by atoms with E-state index >= 15 is 0 Å². The Morgan fingerprint density at radius 2 is 2.12 bits per heavy atom. The van der Waals surface area contributed by atoms with Crippen LogP contribution in [0.1, 0.15) is 51.9 Å². The zero-order valence-electron chi connectivity index (χ0n) is 11.0. The second-order valence-corrected chi connectivity index (χ2v) is 5.82. The van der Waals surface area contributed by atoms with Crippen LogP contribution in [-0.2, 0) is 4.79 Å². The quantitative estimate of drug-likeness (QED) is 0.801. The van der Waals surface area contributed by atoms with Crippen molar-refractivity contribution in [1.29, 1.82) is 0 Å². The number of hydrogen-bond acceptors (Lipinski definition) is 2. The first kappa shape index (κ1) is 12.9. The van der Waals surface area contributed by atoms with Crippen molar-refractivity contribution in [2.24, 2.45) is 17.6 Å². The molecular weight excluding hydrogens is 212 g/mol. The van der Waals surface area contributed by atoms with Gasteiger partial charge in [-0.2, -0.15) is 0 Å². The maximum absolute atomic E-state index is 12.4. The summed E-state index contributed by atoms with van der Waals surface area (Å²) in [5.74, 6) is 1.33. The highest BCUT2D eigenvalue weighted by Gasteiger charge is 2.31. The Kier molecular flexibility index (Phi) is 4.43. The summed E-state index contributed by atoms with van der Waals surface area (Å²) in [6.45, 7) is 4.19. The third-order valence-electron chi connectivity index (χ3n) is 4.47. The number of carbonyl (C=O) groups excluding carboxylic acids is 1. The Morgan fingerprint density at radius 3 is 2.82 bits per heavy atom. The van der Waals surface area contributed by atoms with Crippen LogP contribution in [0.25, 0.3) is 0 Å². The monoisotopic (exact) mass is 238 g/mol. The van der Waals surface area contributed by atoms with Gasteiger partial charge in [-0.15, -0.1) is 0 Å². The van der Waals surface area contributed by atoms with E-state index in [0.29, 0.717) is 5.91 Å². The summed E-state index contributed by atoms with van der Waals surface area (Å²) in [6, 6.07) is 0.254. The molecule has 0 bridgehead atoms. The van der Waals surface area contributed by atoms with E-state index in [4.69, 9.17) is 5.73 Å². The van der Waals surface area contributed by atoms with Crippen LogP contribution in [-0.4, -0.2) is 29.9 Å². The number of rotatable bonds is 2. The molecule has 2 fully saturated rings. The Morgan fingerprint density at radius 1 is 1.29 bits per heavy atom. The van der Waals surface area contributed by atoms with E-state index in [2.05, 4.69) is 11.8 Å². The van der Waals surface area contributed by atoms with E-state index in [1.165, 1.54) is 19.3 Å². The molecule has 0 aromatic carbocycles. The zero-order chi connectivity index (χ0) is 12.3. The molecule has 2 N–H and O–H groups in total. The molecule has 1 saturated carbocycles. The lowest BCUT2D eigenvalue weighted by molar-refractivity contribution is -0.138. The first-order valence-corrected chi connectivity index (χ1v) is 7.25. The summed E-state index contributed by atoms with van der Waals surface area (Å²) in [5, 5.41) is 0. The summed E-state index contributed by atoms with van der Waals surface area (Å²) in [7, 11) is 0. The van der Waals surface area contributed by atoms with Gasteiger partial charge in [-0.25, -0.2) is 0 Å². The Balaban J connectivity index is 1.89. The Hall–Kier alpha value is -0.570. The average molecular weight is 238 g/mol. The Bertz CT molecular complexity index is 267. The maximum Gasteiger partial charge on any atom is 0.225 e. The maximum atomic E-state index is 12.4. The van der Waals surface area contributed by atoms with Gasteiger partial charge in [-0.3, -0.25) is 4.79 Å². The van der Waals surface area contributed by atoms with Crippen molar-refractivity contribution in [1.82, 2.24) is 4.90 Å². The van der Waals surface area contributed by atoms with Gasteiger partial charge in [-0.1, -0.05) is 19.8 Å². The molecule has 2 rings (SSSR count). The number of nitrogens with two attached hydrogens (primary N) is 1. The zero-order valence-corrected chi connectivity index (χ0v) is 11.0. The van der Waals surface area contributed by atoms with Gasteiger partial charge in [0, 0.05) is 25.0 Å². The van der Waals surface area contributed by atoms with Gasteiger partial charge in [-0.05, 0) is 38.0 Å². The van der Waals surface area contributed by atoms with Gasteiger partial charge in [0.25, 0.3) is 0 Å². The molecule has 0 radical (unpaired) electrons. The second kappa shape index (κ2) is 5.85. The van der Waals surface area contributed by atoms with Crippen LogP contribution in [0.3, 0.4) is 0 Å². The van der Waals surface area contributed by atoms with Crippen molar-refractivity contribution in [3.05, 3.63) is 0 Å². The highest BCUT2D eigenvalue weighted by Crippen LogP contribution is 2.27. The fraction of sp³-hybridized carbons (Fsp3) is 0.929. The molecule has 2 aliphatic rings. The first-order chi connectivity index (χ1) is 8.20. The van der Waals surface area contributed by atoms with E-state index in [1.54, 1.807) is 0 Å². The predicted octanol–water partition coefficient (Wildman–Crippen LogP) is 2.15. The van der Waals surface area contributed by atoms with Gasteiger partial charge in [0.1, 0.15) is 0 Å². The molecule has 3 heteroatoms. The molecule has 0 aromatic rings. The van der Waals surface area contributed by atoms with Crippen molar-refractivity contribution in [3.63, 3.8) is 0 Å². The molecule has 1 aliphatic carbocycles. The van der Waals surface area contributed by atoms with Gasteiger partial charge in [0.15, 0.2) is 0 Å². The Labute approximate surface area is 105 Å². The lowest BCUT2D eigenvalue weighted by Gasteiger charge is -2.36. The van der Waals surface area contributed by atoms with Crippen molar-refractivity contribution in [2.45, 2.75) is 57.9 Å². The van der Waals surface area contributed by atoms with E-state index < -0.39 is 0 Å². The van der Waals surface area contributed by atoms with E-state index in [-0.39, 0.29) is 12.0 Å². The summed E-state index contributed by atoms with van der Waals surface area (Å²) in [4.78, 5) is 14.5. The highest BCUT2D eigenvalue weighted by atomic mass is 16.2. The molecule has 3 nitrogen and oxygen atoms in total. The van der Waals surface area contributed by atoms with Gasteiger partial charge < -0.3 is 10.6 Å². The number of hydrogen-bond donors (Lipinski definition) is 1. The van der Waals surface area contributed by atoms with Crippen LogP contribution in [0.5, 0.6) is 0 Å². The molecule has 1 saturated heterocycles. The fourth-order valence-corrected chi connectivity index (χ4v) is 3.31. The molecule has 98 valence electrons. The number of nitrogens with zero attached hydrogens (tertiary/aromatic N) is 1. The number of likely N-dealkylation sites (tertiary alicyclic amines) is 1. The normalized spacial score (nSPS) is 34.7. The third kappa shape index (κ3) is 3.21. The predicted molar refractivity (Wildman–Crippen MR) is 69.5 cm³/mol. The topological polar surface area (TPSA) is 46.3 Å². The lowest BCUT2D eigenvalue weighted by Crippen LogP contribution is -2.45. The van der Waals surface area contributed by atoms with Gasteiger partial charge >= 0.3 is 0 Å². The summed E-state index contributed by atoms with van der Waals surface area (Å²) in [6.07, 6.45) is 7.87. The summed E-state index contributed by atoms with van der Waals surface area (Å²) in [5.41, 5.74) is 5.98. The van der Waals surface area contributed by atoms with Crippen LogP contribution < -0.4 is 5.73 Å². The summed E-state index contributed by atoms with van der Waals surface area (Å²) >= 11 is 0. The largest absolute Gasteiger partial charge is 0.342 e. The van der Waals surface area contributed by atoms with Crippen LogP contribution in [0.15, 0.2) is 0 Å². The minimum atomic E-state index is 0.217. The first-order valence-electron chi connectivity index (χ1n) is 7.25. The van der Waals surface area contributed by atoms with Crippen LogP contribution in [0, 0.1) is 11.8 Å². The van der Waals surface area contributed by atoms with E-state index in [0.717, 1.165) is 44.7 Å². The molecule has 17 heavy (non-hydrogen) atoms. The minimum Gasteiger partial charge on any atom is -0.342 e. The number of carbonyl (C=O) groups is 1. The van der Waals surface area contributed by atoms with Crippen LogP contribution >= 0.6 is 0 Å². The molecule has 3 unspecified atom stereocenters. The fourth-order valence-electron chi connectivity index (χ4n) is 3.31. The van der Waals surface area contributed by atoms with Crippen molar-refractivity contribution >= 4 is 5.91 Å². The molecule has 0 aromatic heterocycles.